The highest BCUT2D eigenvalue weighted by atomic mass is 16.5. The van der Waals surface area contributed by atoms with E-state index >= 15 is 0 Å². The average Bonchev–Trinajstić information content (AvgIpc) is 2.62. The van der Waals surface area contributed by atoms with Gasteiger partial charge in [-0.25, -0.2) is 0 Å². The molecule has 4 heteroatoms. The highest BCUT2D eigenvalue weighted by Crippen LogP contribution is 2.18. The molecule has 2 unspecified atom stereocenters. The van der Waals surface area contributed by atoms with Crippen LogP contribution in [0.25, 0.3) is 0 Å². The zero-order valence-electron chi connectivity index (χ0n) is 10.8. The van der Waals surface area contributed by atoms with Crippen LogP contribution >= 0.6 is 0 Å². The van der Waals surface area contributed by atoms with Crippen molar-refractivity contribution in [1.82, 2.24) is 10.2 Å². The molecule has 1 heterocycles. The van der Waals surface area contributed by atoms with Crippen LogP contribution in [-0.4, -0.2) is 49.2 Å². The molecule has 1 amide bonds. The van der Waals surface area contributed by atoms with Crippen molar-refractivity contribution in [2.45, 2.75) is 51.8 Å². The maximum Gasteiger partial charge on any atom is 0.223 e. The molecule has 1 fully saturated rings. The largest absolute Gasteiger partial charge is 0.376 e. The third-order valence-electron chi connectivity index (χ3n) is 3.12. The molecule has 0 bridgehead atoms. The maximum atomic E-state index is 11.9. The Balaban J connectivity index is 2.30. The highest BCUT2D eigenvalue weighted by Gasteiger charge is 2.30. The van der Waals surface area contributed by atoms with Gasteiger partial charge in [0.05, 0.1) is 12.1 Å². The van der Waals surface area contributed by atoms with Gasteiger partial charge in [-0.15, -0.1) is 0 Å². The smallest absolute Gasteiger partial charge is 0.223 e. The van der Waals surface area contributed by atoms with E-state index in [-0.39, 0.29) is 18.1 Å². The maximum absolute atomic E-state index is 11.9. The molecular formula is C12H24N2O2. The fourth-order valence-electron chi connectivity index (χ4n) is 2.06. The van der Waals surface area contributed by atoms with Crippen LogP contribution in [0.2, 0.25) is 0 Å². The van der Waals surface area contributed by atoms with E-state index in [9.17, 15) is 4.79 Å². The Hall–Kier alpha value is -0.610. The molecule has 0 aromatic heterocycles. The monoisotopic (exact) mass is 228 g/mol. The van der Waals surface area contributed by atoms with Gasteiger partial charge in [-0.1, -0.05) is 13.8 Å². The van der Waals surface area contributed by atoms with E-state index in [2.05, 4.69) is 19.2 Å². The lowest BCUT2D eigenvalue weighted by molar-refractivity contribution is -0.132. The van der Waals surface area contributed by atoms with E-state index < -0.39 is 0 Å². The molecule has 1 rings (SSSR count). The Labute approximate surface area is 98.3 Å². The van der Waals surface area contributed by atoms with Crippen molar-refractivity contribution in [3.05, 3.63) is 0 Å². The number of rotatable bonds is 5. The molecule has 0 spiro atoms. The van der Waals surface area contributed by atoms with E-state index in [1.807, 2.05) is 18.9 Å². The summed E-state index contributed by atoms with van der Waals surface area (Å²) < 4.78 is 5.47. The Bertz CT molecular complexity index is 231. The van der Waals surface area contributed by atoms with Crippen LogP contribution in [0.4, 0.5) is 0 Å². The number of hydrogen-bond acceptors (Lipinski definition) is 3. The van der Waals surface area contributed by atoms with Gasteiger partial charge in [0.2, 0.25) is 5.91 Å². The summed E-state index contributed by atoms with van der Waals surface area (Å²) in [5.41, 5.74) is 0. The van der Waals surface area contributed by atoms with Crippen molar-refractivity contribution >= 4 is 5.91 Å². The predicted molar refractivity (Wildman–Crippen MR) is 64.3 cm³/mol. The first kappa shape index (κ1) is 13.5. The normalized spacial score (nSPS) is 25.1. The first-order valence-corrected chi connectivity index (χ1v) is 6.13. The van der Waals surface area contributed by atoms with Gasteiger partial charge in [0, 0.05) is 32.7 Å². The second kappa shape index (κ2) is 6.21. The van der Waals surface area contributed by atoms with E-state index in [1.54, 1.807) is 0 Å². The number of ether oxygens (including phenoxy) is 1. The molecular weight excluding hydrogens is 204 g/mol. The molecule has 0 radical (unpaired) electrons. The third-order valence-corrected chi connectivity index (χ3v) is 3.12. The second-order valence-electron chi connectivity index (χ2n) is 4.80. The van der Waals surface area contributed by atoms with Gasteiger partial charge in [0.25, 0.3) is 0 Å². The fraction of sp³-hybridized carbons (Fsp3) is 0.917. The summed E-state index contributed by atoms with van der Waals surface area (Å²) in [5, 5.41) is 3.25. The van der Waals surface area contributed by atoms with Crippen molar-refractivity contribution in [3.63, 3.8) is 0 Å². The summed E-state index contributed by atoms with van der Waals surface area (Å²) in [6.07, 6.45) is 1.70. The summed E-state index contributed by atoms with van der Waals surface area (Å²) in [4.78, 5) is 13.7. The topological polar surface area (TPSA) is 41.6 Å². The van der Waals surface area contributed by atoms with E-state index in [0.29, 0.717) is 12.5 Å². The molecule has 94 valence electrons. The fourth-order valence-corrected chi connectivity index (χ4v) is 2.06. The SMILES string of the molecule is CC(C)NCCC(=O)N(C)C1CCOC1C. The zero-order chi connectivity index (χ0) is 12.1. The Morgan fingerprint density at radius 1 is 1.56 bits per heavy atom. The van der Waals surface area contributed by atoms with Gasteiger partial charge in [0.15, 0.2) is 0 Å². The molecule has 1 saturated heterocycles. The first-order valence-electron chi connectivity index (χ1n) is 6.13. The van der Waals surface area contributed by atoms with Gasteiger partial charge in [-0.3, -0.25) is 4.79 Å². The van der Waals surface area contributed by atoms with Crippen molar-refractivity contribution < 1.29 is 9.53 Å². The van der Waals surface area contributed by atoms with Crippen LogP contribution in [0.15, 0.2) is 0 Å². The number of carbonyl (C=O) groups excluding carboxylic acids is 1. The molecule has 1 aliphatic heterocycles. The minimum Gasteiger partial charge on any atom is -0.376 e. The van der Waals surface area contributed by atoms with E-state index in [1.165, 1.54) is 0 Å². The van der Waals surface area contributed by atoms with Crippen molar-refractivity contribution in [2.75, 3.05) is 20.2 Å². The molecule has 16 heavy (non-hydrogen) atoms. The molecule has 0 aliphatic carbocycles. The standard InChI is InChI=1S/C12H24N2O2/c1-9(2)13-7-5-12(15)14(4)11-6-8-16-10(11)3/h9-11,13H,5-8H2,1-4H3. The Morgan fingerprint density at radius 3 is 2.75 bits per heavy atom. The predicted octanol–water partition coefficient (Wildman–Crippen LogP) is 1.01. The van der Waals surface area contributed by atoms with Crippen LogP contribution in [0.5, 0.6) is 0 Å². The average molecular weight is 228 g/mol. The summed E-state index contributed by atoms with van der Waals surface area (Å²) in [6.45, 7) is 7.73. The lowest BCUT2D eigenvalue weighted by Gasteiger charge is -2.27. The number of hydrogen-bond donors (Lipinski definition) is 1. The van der Waals surface area contributed by atoms with Crippen LogP contribution in [0.1, 0.15) is 33.6 Å². The van der Waals surface area contributed by atoms with Crippen molar-refractivity contribution in [1.29, 1.82) is 0 Å². The summed E-state index contributed by atoms with van der Waals surface area (Å²) in [7, 11) is 1.88. The van der Waals surface area contributed by atoms with E-state index in [4.69, 9.17) is 4.74 Å². The molecule has 1 N–H and O–H groups in total. The van der Waals surface area contributed by atoms with Gasteiger partial charge in [-0.05, 0) is 13.3 Å². The molecule has 4 nitrogen and oxygen atoms in total. The van der Waals surface area contributed by atoms with Crippen LogP contribution in [0, 0.1) is 0 Å². The molecule has 2 atom stereocenters. The minimum absolute atomic E-state index is 0.173. The molecule has 1 aliphatic rings. The van der Waals surface area contributed by atoms with Crippen LogP contribution in [0.3, 0.4) is 0 Å². The Morgan fingerprint density at radius 2 is 2.25 bits per heavy atom. The zero-order valence-corrected chi connectivity index (χ0v) is 10.8. The number of carbonyl (C=O) groups is 1. The third kappa shape index (κ3) is 3.76. The number of likely N-dealkylation sites (N-methyl/N-ethyl adjacent to an activating group) is 1. The van der Waals surface area contributed by atoms with E-state index in [0.717, 1.165) is 19.6 Å². The van der Waals surface area contributed by atoms with Crippen LogP contribution < -0.4 is 5.32 Å². The van der Waals surface area contributed by atoms with Gasteiger partial charge in [0.1, 0.15) is 0 Å². The summed E-state index contributed by atoms with van der Waals surface area (Å²) in [6, 6.07) is 0.693. The minimum atomic E-state index is 0.173. The molecule has 0 aromatic carbocycles. The summed E-state index contributed by atoms with van der Waals surface area (Å²) in [5.74, 6) is 0.204. The van der Waals surface area contributed by atoms with Gasteiger partial charge in [-0.2, -0.15) is 0 Å². The number of nitrogens with one attached hydrogen (secondary N) is 1. The summed E-state index contributed by atoms with van der Waals surface area (Å²) >= 11 is 0. The molecule has 0 aromatic rings. The van der Waals surface area contributed by atoms with Gasteiger partial charge >= 0.3 is 0 Å². The Kier molecular flexibility index (Phi) is 5.22. The highest BCUT2D eigenvalue weighted by molar-refractivity contribution is 5.76. The molecule has 0 saturated carbocycles. The number of amides is 1. The second-order valence-corrected chi connectivity index (χ2v) is 4.80. The first-order chi connectivity index (χ1) is 7.52. The lowest BCUT2D eigenvalue weighted by Crippen LogP contribution is -2.42. The quantitative estimate of drug-likeness (QED) is 0.763. The lowest BCUT2D eigenvalue weighted by atomic mass is 10.1. The van der Waals surface area contributed by atoms with Crippen molar-refractivity contribution in [2.24, 2.45) is 0 Å². The van der Waals surface area contributed by atoms with Crippen LogP contribution in [-0.2, 0) is 9.53 Å². The van der Waals surface area contributed by atoms with Gasteiger partial charge < -0.3 is 15.0 Å². The number of nitrogens with zero attached hydrogens (tertiary/aromatic N) is 1. The van der Waals surface area contributed by atoms with Crippen molar-refractivity contribution in [3.8, 4) is 0 Å².